The molecule has 0 radical (unpaired) electrons. The van der Waals surface area contributed by atoms with Crippen LogP contribution >= 0.6 is 0 Å². The Hall–Kier alpha value is -0.610. The van der Waals surface area contributed by atoms with Crippen molar-refractivity contribution in [1.82, 2.24) is 0 Å². The molecular weight excluding hydrogens is 352 g/mol. The van der Waals surface area contributed by atoms with Crippen molar-refractivity contribution in [3.8, 4) is 0 Å². The summed E-state index contributed by atoms with van der Waals surface area (Å²) in [6.45, 7) is 6.29. The van der Waals surface area contributed by atoms with Crippen molar-refractivity contribution in [3.05, 3.63) is 0 Å². The van der Waals surface area contributed by atoms with Crippen molar-refractivity contribution in [2.45, 2.75) is 136 Å². The zero-order valence-corrected chi connectivity index (χ0v) is 19.2. The SMILES string of the molecule is CCC.CCCCCCCCCCCCCCCCCCOC(=O)C(O)CO. The lowest BCUT2D eigenvalue weighted by molar-refractivity contribution is -0.155. The van der Waals surface area contributed by atoms with E-state index >= 15 is 0 Å². The molecular formula is C24H50O4. The highest BCUT2D eigenvalue weighted by molar-refractivity contribution is 5.74. The molecule has 170 valence electrons. The van der Waals surface area contributed by atoms with Gasteiger partial charge in [0.15, 0.2) is 6.10 Å². The van der Waals surface area contributed by atoms with E-state index in [0.717, 1.165) is 12.8 Å². The Balaban J connectivity index is 0. The van der Waals surface area contributed by atoms with Gasteiger partial charge in [0.1, 0.15) is 0 Å². The number of carbonyl (C=O) groups is 1. The Morgan fingerprint density at radius 2 is 1.00 bits per heavy atom. The van der Waals surface area contributed by atoms with Gasteiger partial charge in [-0.1, -0.05) is 124 Å². The molecule has 0 aliphatic carbocycles. The maximum absolute atomic E-state index is 11.1. The number of hydrogen-bond donors (Lipinski definition) is 2. The molecule has 2 N–H and O–H groups in total. The highest BCUT2D eigenvalue weighted by Gasteiger charge is 2.14. The number of esters is 1. The third-order valence-electron chi connectivity index (χ3n) is 4.69. The first-order valence-corrected chi connectivity index (χ1v) is 12.1. The molecule has 0 saturated heterocycles. The Morgan fingerprint density at radius 1 is 0.679 bits per heavy atom. The van der Waals surface area contributed by atoms with E-state index in [1.54, 1.807) is 0 Å². The molecule has 0 heterocycles. The van der Waals surface area contributed by atoms with Gasteiger partial charge in [0.05, 0.1) is 13.2 Å². The van der Waals surface area contributed by atoms with Gasteiger partial charge < -0.3 is 14.9 Å². The summed E-state index contributed by atoms with van der Waals surface area (Å²) in [6, 6.07) is 0. The van der Waals surface area contributed by atoms with Crippen LogP contribution in [0.4, 0.5) is 0 Å². The van der Waals surface area contributed by atoms with E-state index in [1.165, 1.54) is 96.3 Å². The Morgan fingerprint density at radius 3 is 1.32 bits per heavy atom. The summed E-state index contributed by atoms with van der Waals surface area (Å²) >= 11 is 0. The van der Waals surface area contributed by atoms with Gasteiger partial charge in [-0.05, 0) is 6.42 Å². The summed E-state index contributed by atoms with van der Waals surface area (Å²) in [5, 5.41) is 17.6. The summed E-state index contributed by atoms with van der Waals surface area (Å²) in [4.78, 5) is 11.1. The summed E-state index contributed by atoms with van der Waals surface area (Å²) in [5.74, 6) is -0.719. The van der Waals surface area contributed by atoms with Crippen molar-refractivity contribution in [2.24, 2.45) is 0 Å². The molecule has 1 unspecified atom stereocenters. The molecule has 0 aromatic rings. The highest BCUT2D eigenvalue weighted by atomic mass is 16.5. The molecule has 0 amide bonds. The fraction of sp³-hybridized carbons (Fsp3) is 0.958. The lowest BCUT2D eigenvalue weighted by Gasteiger charge is -2.07. The summed E-state index contributed by atoms with van der Waals surface area (Å²) in [7, 11) is 0. The molecule has 0 spiro atoms. The lowest BCUT2D eigenvalue weighted by Crippen LogP contribution is -2.26. The van der Waals surface area contributed by atoms with Crippen LogP contribution in [-0.2, 0) is 9.53 Å². The smallest absolute Gasteiger partial charge is 0.337 e. The molecule has 4 nitrogen and oxygen atoms in total. The van der Waals surface area contributed by atoms with Crippen LogP contribution in [0.5, 0.6) is 0 Å². The van der Waals surface area contributed by atoms with Crippen LogP contribution in [-0.4, -0.2) is 35.5 Å². The number of carbonyl (C=O) groups excluding carboxylic acids is 1. The van der Waals surface area contributed by atoms with Crippen molar-refractivity contribution < 1.29 is 19.7 Å². The van der Waals surface area contributed by atoms with E-state index < -0.39 is 18.7 Å². The summed E-state index contributed by atoms with van der Waals surface area (Å²) < 4.78 is 4.86. The van der Waals surface area contributed by atoms with E-state index in [0.29, 0.717) is 6.61 Å². The standard InChI is InChI=1S/C21H42O4.C3H8/c1-2-3-4-5-6-7-8-9-10-11-12-13-14-15-16-17-18-25-21(24)20(23)19-22;1-3-2/h20,22-23H,2-19H2,1H3;3H2,1-2H3. The van der Waals surface area contributed by atoms with Gasteiger partial charge >= 0.3 is 5.97 Å². The zero-order chi connectivity index (χ0) is 21.3. The van der Waals surface area contributed by atoms with Gasteiger partial charge in [0.25, 0.3) is 0 Å². The van der Waals surface area contributed by atoms with E-state index in [2.05, 4.69) is 20.8 Å². The van der Waals surface area contributed by atoms with Crippen LogP contribution < -0.4 is 0 Å². The van der Waals surface area contributed by atoms with Crippen LogP contribution in [0.2, 0.25) is 0 Å². The Labute approximate surface area is 175 Å². The molecule has 0 aromatic heterocycles. The minimum atomic E-state index is -1.39. The predicted octanol–water partition coefficient (Wildman–Crippen LogP) is 6.56. The molecule has 0 aliphatic rings. The third kappa shape index (κ3) is 25.4. The van der Waals surface area contributed by atoms with Gasteiger partial charge in [0, 0.05) is 0 Å². The maximum Gasteiger partial charge on any atom is 0.337 e. The summed E-state index contributed by atoms with van der Waals surface area (Å²) in [6.07, 6.45) is 20.8. The number of unbranched alkanes of at least 4 members (excludes halogenated alkanes) is 15. The molecule has 0 aliphatic heterocycles. The molecule has 0 saturated carbocycles. The van der Waals surface area contributed by atoms with Crippen LogP contribution in [0.1, 0.15) is 130 Å². The van der Waals surface area contributed by atoms with Crippen molar-refractivity contribution in [1.29, 1.82) is 0 Å². The highest BCUT2D eigenvalue weighted by Crippen LogP contribution is 2.13. The van der Waals surface area contributed by atoms with E-state index in [4.69, 9.17) is 14.9 Å². The van der Waals surface area contributed by atoms with E-state index in [-0.39, 0.29) is 0 Å². The minimum Gasteiger partial charge on any atom is -0.464 e. The van der Waals surface area contributed by atoms with Gasteiger partial charge in [-0.3, -0.25) is 0 Å². The summed E-state index contributed by atoms with van der Waals surface area (Å²) in [5.41, 5.74) is 0. The van der Waals surface area contributed by atoms with Crippen LogP contribution in [0.3, 0.4) is 0 Å². The Bertz CT molecular complexity index is 294. The first kappa shape index (κ1) is 29.6. The van der Waals surface area contributed by atoms with Gasteiger partial charge in [0.2, 0.25) is 0 Å². The second-order valence-corrected chi connectivity index (χ2v) is 7.88. The van der Waals surface area contributed by atoms with E-state index in [9.17, 15) is 4.79 Å². The van der Waals surface area contributed by atoms with Gasteiger partial charge in [-0.15, -0.1) is 0 Å². The Kier molecular flexibility index (Phi) is 27.9. The van der Waals surface area contributed by atoms with Gasteiger partial charge in [-0.25, -0.2) is 4.79 Å². The molecule has 28 heavy (non-hydrogen) atoms. The number of rotatable bonds is 19. The maximum atomic E-state index is 11.1. The van der Waals surface area contributed by atoms with Crippen LogP contribution in [0.15, 0.2) is 0 Å². The average molecular weight is 403 g/mol. The quantitative estimate of drug-likeness (QED) is 0.190. The molecule has 0 aromatic carbocycles. The predicted molar refractivity (Wildman–Crippen MR) is 120 cm³/mol. The normalized spacial score (nSPS) is 11.6. The lowest BCUT2D eigenvalue weighted by atomic mass is 10.0. The largest absolute Gasteiger partial charge is 0.464 e. The second-order valence-electron chi connectivity index (χ2n) is 7.88. The molecule has 1 atom stereocenters. The zero-order valence-electron chi connectivity index (χ0n) is 19.2. The minimum absolute atomic E-state index is 0.342. The number of aliphatic hydroxyl groups is 2. The third-order valence-corrected chi connectivity index (χ3v) is 4.69. The van der Waals surface area contributed by atoms with Crippen LogP contribution in [0, 0.1) is 0 Å². The topological polar surface area (TPSA) is 66.8 Å². The van der Waals surface area contributed by atoms with Crippen molar-refractivity contribution in [3.63, 3.8) is 0 Å². The monoisotopic (exact) mass is 402 g/mol. The fourth-order valence-corrected chi connectivity index (χ4v) is 2.99. The van der Waals surface area contributed by atoms with Crippen LogP contribution in [0.25, 0.3) is 0 Å². The number of hydrogen-bond acceptors (Lipinski definition) is 4. The second kappa shape index (κ2) is 26.4. The average Bonchev–Trinajstić information content (AvgIpc) is 2.70. The van der Waals surface area contributed by atoms with Crippen molar-refractivity contribution >= 4 is 5.97 Å². The number of ether oxygens (including phenoxy) is 1. The van der Waals surface area contributed by atoms with Gasteiger partial charge in [-0.2, -0.15) is 0 Å². The molecule has 4 heteroatoms. The first-order valence-electron chi connectivity index (χ1n) is 12.1. The fourth-order valence-electron chi connectivity index (χ4n) is 2.99. The molecule has 0 fully saturated rings. The van der Waals surface area contributed by atoms with E-state index in [1.807, 2.05) is 0 Å². The molecule has 0 bridgehead atoms. The number of aliphatic hydroxyl groups excluding tert-OH is 2. The van der Waals surface area contributed by atoms with Crippen molar-refractivity contribution in [2.75, 3.05) is 13.2 Å². The first-order chi connectivity index (χ1) is 13.6. The molecule has 0 rings (SSSR count).